The highest BCUT2D eigenvalue weighted by Crippen LogP contribution is 2.24. The van der Waals surface area contributed by atoms with Crippen molar-refractivity contribution < 1.29 is 4.79 Å². The molecule has 142 valence electrons. The van der Waals surface area contributed by atoms with Crippen LogP contribution in [0.25, 0.3) is 17.2 Å². The summed E-state index contributed by atoms with van der Waals surface area (Å²) in [7, 11) is 3.99. The lowest BCUT2D eigenvalue weighted by Crippen LogP contribution is -2.26. The van der Waals surface area contributed by atoms with Crippen LogP contribution in [0, 0.1) is 0 Å². The lowest BCUT2D eigenvalue weighted by atomic mass is 9.99. The summed E-state index contributed by atoms with van der Waals surface area (Å²) in [4.78, 5) is 18.9. The molecule has 0 saturated heterocycles. The van der Waals surface area contributed by atoms with Crippen molar-refractivity contribution in [3.8, 4) is 11.1 Å². The normalized spacial score (nSPS) is 14.2. The van der Waals surface area contributed by atoms with E-state index in [1.54, 1.807) is 35.4 Å². The minimum Gasteiger partial charge on any atom is -0.323 e. The Morgan fingerprint density at radius 3 is 2.89 bits per heavy atom. The molecule has 0 atom stereocenters. The SMILES string of the molecule is CN1CCc2ccc(NC(=O)/C=C/c3cnccc3-c3cnn(C)c3)cc2C1. The van der Waals surface area contributed by atoms with Gasteiger partial charge in [0.1, 0.15) is 0 Å². The summed E-state index contributed by atoms with van der Waals surface area (Å²) < 4.78 is 1.75. The van der Waals surface area contributed by atoms with Crippen LogP contribution in [0.15, 0.2) is 55.1 Å². The van der Waals surface area contributed by atoms with E-state index in [0.717, 1.165) is 41.9 Å². The van der Waals surface area contributed by atoms with Crippen LogP contribution in [-0.2, 0) is 24.8 Å². The summed E-state index contributed by atoms with van der Waals surface area (Å²) in [5, 5.41) is 7.17. The van der Waals surface area contributed by atoms with Crippen LogP contribution < -0.4 is 5.32 Å². The Labute approximate surface area is 164 Å². The number of aryl methyl sites for hydroxylation is 1. The molecule has 3 aromatic rings. The number of benzene rings is 1. The van der Waals surface area contributed by atoms with Gasteiger partial charge < -0.3 is 10.2 Å². The summed E-state index contributed by atoms with van der Waals surface area (Å²) in [6, 6.07) is 8.08. The van der Waals surface area contributed by atoms with Gasteiger partial charge in [-0.15, -0.1) is 0 Å². The fourth-order valence-corrected chi connectivity index (χ4v) is 3.49. The highest BCUT2D eigenvalue weighted by molar-refractivity contribution is 6.02. The Bertz CT molecular complexity index is 1040. The Morgan fingerprint density at radius 1 is 1.18 bits per heavy atom. The number of rotatable bonds is 4. The third-order valence-electron chi connectivity index (χ3n) is 4.96. The highest BCUT2D eigenvalue weighted by Gasteiger charge is 2.13. The minimum atomic E-state index is -0.162. The van der Waals surface area contributed by atoms with Gasteiger partial charge in [-0.25, -0.2) is 0 Å². The van der Waals surface area contributed by atoms with Crippen LogP contribution in [0.3, 0.4) is 0 Å². The predicted molar refractivity (Wildman–Crippen MR) is 111 cm³/mol. The first-order chi connectivity index (χ1) is 13.6. The van der Waals surface area contributed by atoms with Crippen LogP contribution in [0.5, 0.6) is 0 Å². The molecular weight excluding hydrogens is 350 g/mol. The average molecular weight is 373 g/mol. The monoisotopic (exact) mass is 373 g/mol. The van der Waals surface area contributed by atoms with Gasteiger partial charge in [0.2, 0.25) is 5.91 Å². The standard InChI is InChI=1S/C22H23N5O/c1-26-10-8-16-3-5-20(11-18(16)14-26)25-22(28)6-4-17-12-23-9-7-21(17)19-13-24-27(2)15-19/h3-7,9,11-13,15H,8,10,14H2,1-2H3,(H,25,28)/b6-4+. The molecular formula is C22H23N5O. The molecule has 1 aromatic carbocycles. The van der Waals surface area contributed by atoms with E-state index in [1.807, 2.05) is 25.4 Å². The summed E-state index contributed by atoms with van der Waals surface area (Å²) in [6.07, 6.45) is 11.6. The van der Waals surface area contributed by atoms with E-state index in [4.69, 9.17) is 0 Å². The van der Waals surface area contributed by atoms with Gasteiger partial charge in [0, 0.05) is 61.6 Å². The van der Waals surface area contributed by atoms with Gasteiger partial charge in [0.05, 0.1) is 6.20 Å². The number of carbonyl (C=O) groups excluding carboxylic acids is 1. The molecule has 0 aliphatic carbocycles. The molecule has 3 heterocycles. The van der Waals surface area contributed by atoms with Crippen LogP contribution >= 0.6 is 0 Å². The Hall–Kier alpha value is -3.25. The van der Waals surface area contributed by atoms with E-state index in [9.17, 15) is 4.79 Å². The smallest absolute Gasteiger partial charge is 0.248 e. The number of hydrogen-bond donors (Lipinski definition) is 1. The Morgan fingerprint density at radius 2 is 2.07 bits per heavy atom. The lowest BCUT2D eigenvalue weighted by Gasteiger charge is -2.25. The van der Waals surface area contributed by atoms with Crippen molar-refractivity contribution in [1.82, 2.24) is 19.7 Å². The topological polar surface area (TPSA) is 63.1 Å². The molecule has 4 rings (SSSR count). The van der Waals surface area contributed by atoms with Crippen molar-refractivity contribution in [1.29, 1.82) is 0 Å². The van der Waals surface area contributed by atoms with Gasteiger partial charge >= 0.3 is 0 Å². The second kappa shape index (κ2) is 7.78. The summed E-state index contributed by atoms with van der Waals surface area (Å²) in [5.41, 5.74) is 6.32. The third kappa shape index (κ3) is 4.02. The van der Waals surface area contributed by atoms with E-state index >= 15 is 0 Å². The maximum absolute atomic E-state index is 12.4. The van der Waals surface area contributed by atoms with Gasteiger partial charge in [0.15, 0.2) is 0 Å². The molecule has 0 saturated carbocycles. The van der Waals surface area contributed by atoms with Crippen LogP contribution in [0.1, 0.15) is 16.7 Å². The quantitative estimate of drug-likeness (QED) is 0.714. The number of nitrogens with one attached hydrogen (secondary N) is 1. The first kappa shape index (κ1) is 18.1. The Balaban J connectivity index is 1.49. The number of anilines is 1. The number of hydrogen-bond acceptors (Lipinski definition) is 4. The molecule has 1 amide bonds. The predicted octanol–water partition coefficient (Wildman–Crippen LogP) is 3.12. The number of nitrogens with zero attached hydrogens (tertiary/aromatic N) is 4. The molecule has 1 aliphatic heterocycles. The van der Waals surface area contributed by atoms with Crippen molar-refractivity contribution >= 4 is 17.7 Å². The largest absolute Gasteiger partial charge is 0.323 e. The van der Waals surface area contributed by atoms with Crippen LogP contribution in [-0.4, -0.2) is 39.2 Å². The second-order valence-electron chi connectivity index (χ2n) is 7.16. The zero-order chi connectivity index (χ0) is 19.5. The van der Waals surface area contributed by atoms with Gasteiger partial charge in [-0.05, 0) is 54.4 Å². The summed E-state index contributed by atoms with van der Waals surface area (Å²) in [5.74, 6) is -0.162. The molecule has 6 nitrogen and oxygen atoms in total. The molecule has 0 bridgehead atoms. The summed E-state index contributed by atoms with van der Waals surface area (Å²) in [6.45, 7) is 1.99. The molecule has 0 fully saturated rings. The van der Waals surface area contributed by atoms with Crippen molar-refractivity contribution in [2.75, 3.05) is 18.9 Å². The maximum Gasteiger partial charge on any atom is 0.248 e. The van der Waals surface area contributed by atoms with Gasteiger partial charge in [-0.1, -0.05) is 6.07 Å². The second-order valence-corrected chi connectivity index (χ2v) is 7.16. The zero-order valence-electron chi connectivity index (χ0n) is 16.1. The molecule has 1 aliphatic rings. The van der Waals surface area contributed by atoms with Gasteiger partial charge in [-0.3, -0.25) is 14.5 Å². The number of pyridine rings is 1. The first-order valence-electron chi connectivity index (χ1n) is 9.31. The highest BCUT2D eigenvalue weighted by atomic mass is 16.1. The van der Waals surface area contributed by atoms with Crippen molar-refractivity contribution in [2.45, 2.75) is 13.0 Å². The molecule has 0 radical (unpaired) electrons. The number of amides is 1. The first-order valence-corrected chi connectivity index (χ1v) is 9.31. The number of aromatic nitrogens is 3. The third-order valence-corrected chi connectivity index (χ3v) is 4.96. The molecule has 0 spiro atoms. The van der Waals surface area contributed by atoms with E-state index in [0.29, 0.717) is 0 Å². The van der Waals surface area contributed by atoms with E-state index in [-0.39, 0.29) is 5.91 Å². The number of likely N-dealkylation sites (N-methyl/N-ethyl adjacent to an activating group) is 1. The van der Waals surface area contributed by atoms with Crippen LogP contribution in [0.2, 0.25) is 0 Å². The molecule has 1 N–H and O–H groups in total. The van der Waals surface area contributed by atoms with Crippen LogP contribution in [0.4, 0.5) is 5.69 Å². The summed E-state index contributed by atoms with van der Waals surface area (Å²) >= 11 is 0. The molecule has 6 heteroatoms. The van der Waals surface area contributed by atoms with Gasteiger partial charge in [-0.2, -0.15) is 5.10 Å². The average Bonchev–Trinajstić information content (AvgIpc) is 3.12. The molecule has 0 unspecified atom stereocenters. The van der Waals surface area contributed by atoms with Gasteiger partial charge in [0.25, 0.3) is 0 Å². The molecule has 2 aromatic heterocycles. The fourth-order valence-electron chi connectivity index (χ4n) is 3.49. The molecule has 28 heavy (non-hydrogen) atoms. The van der Waals surface area contributed by atoms with Crippen molar-refractivity contribution in [2.24, 2.45) is 7.05 Å². The Kier molecular flexibility index (Phi) is 5.04. The van der Waals surface area contributed by atoms with Crippen molar-refractivity contribution in [3.05, 3.63) is 71.8 Å². The lowest BCUT2D eigenvalue weighted by molar-refractivity contribution is -0.111. The number of fused-ring (bicyclic) bond motifs is 1. The number of carbonyl (C=O) groups is 1. The fraction of sp³-hybridized carbons (Fsp3) is 0.227. The van der Waals surface area contributed by atoms with E-state index in [1.165, 1.54) is 11.1 Å². The maximum atomic E-state index is 12.4. The van der Waals surface area contributed by atoms with E-state index < -0.39 is 0 Å². The van der Waals surface area contributed by atoms with Crippen molar-refractivity contribution in [3.63, 3.8) is 0 Å². The zero-order valence-corrected chi connectivity index (χ0v) is 16.1. The minimum absolute atomic E-state index is 0.162. The van der Waals surface area contributed by atoms with E-state index in [2.05, 4.69) is 39.5 Å².